The number of allylic oxidation sites excluding steroid dienone is 1. The van der Waals surface area contributed by atoms with Crippen LogP contribution in [0.15, 0.2) is 10.6 Å². The van der Waals surface area contributed by atoms with Crippen LogP contribution in [0.1, 0.15) is 26.7 Å². The van der Waals surface area contributed by atoms with Crippen LogP contribution in [0.5, 0.6) is 0 Å². The molecule has 0 saturated carbocycles. The van der Waals surface area contributed by atoms with E-state index in [0.717, 1.165) is 23.4 Å². The summed E-state index contributed by atoms with van der Waals surface area (Å²) in [4.78, 5) is -0.691. The van der Waals surface area contributed by atoms with Crippen molar-refractivity contribution in [2.24, 2.45) is 11.7 Å². The highest BCUT2D eigenvalue weighted by Crippen LogP contribution is 2.39. The zero-order valence-corrected chi connectivity index (χ0v) is 8.34. The Morgan fingerprint density at radius 3 is 2.64 bits per heavy atom. The molecule has 0 fully saturated rings. The smallest absolute Gasteiger partial charge is 0.114 e. The van der Waals surface area contributed by atoms with E-state index in [9.17, 15) is 0 Å². The van der Waals surface area contributed by atoms with Gasteiger partial charge in [-0.25, -0.2) is 0 Å². The van der Waals surface area contributed by atoms with Crippen LogP contribution in [0.3, 0.4) is 0 Å². The Bertz CT molecular complexity index is 196. The third kappa shape index (κ3) is 1.71. The van der Waals surface area contributed by atoms with Crippen molar-refractivity contribution in [2.45, 2.75) is 31.7 Å². The van der Waals surface area contributed by atoms with Crippen molar-refractivity contribution >= 4 is 23.2 Å². The van der Waals surface area contributed by atoms with Gasteiger partial charge in [-0.15, -0.1) is 0 Å². The lowest BCUT2D eigenvalue weighted by Gasteiger charge is -2.32. The van der Waals surface area contributed by atoms with Crippen LogP contribution in [0, 0.1) is 5.92 Å². The molecule has 3 heteroatoms. The molecule has 0 aromatic rings. The topological polar surface area (TPSA) is 26.0 Å². The van der Waals surface area contributed by atoms with E-state index in [1.165, 1.54) is 0 Å². The van der Waals surface area contributed by atoms with Crippen molar-refractivity contribution in [3.05, 3.63) is 10.6 Å². The third-order valence-electron chi connectivity index (χ3n) is 2.36. The van der Waals surface area contributed by atoms with E-state index in [1.54, 1.807) is 0 Å². The van der Waals surface area contributed by atoms with Crippen molar-refractivity contribution in [3.8, 4) is 0 Å². The minimum atomic E-state index is -0.691. The minimum absolute atomic E-state index is 0.423. The Morgan fingerprint density at radius 2 is 2.18 bits per heavy atom. The lowest BCUT2D eigenvalue weighted by atomic mass is 9.88. The van der Waals surface area contributed by atoms with Gasteiger partial charge in [0.2, 0.25) is 0 Å². The lowest BCUT2D eigenvalue weighted by molar-refractivity contribution is 0.481. The van der Waals surface area contributed by atoms with Gasteiger partial charge in [-0.1, -0.05) is 30.1 Å². The first kappa shape index (κ1) is 9.37. The second-order valence-electron chi connectivity index (χ2n) is 3.28. The summed E-state index contributed by atoms with van der Waals surface area (Å²) in [6, 6.07) is 0. The first-order chi connectivity index (χ1) is 4.95. The summed E-state index contributed by atoms with van der Waals surface area (Å²) >= 11 is 12.0. The van der Waals surface area contributed by atoms with E-state index in [2.05, 4.69) is 6.92 Å². The second kappa shape index (κ2) is 2.96. The minimum Gasteiger partial charge on any atom is -0.309 e. The van der Waals surface area contributed by atoms with Crippen LogP contribution in [-0.4, -0.2) is 5.00 Å². The molecule has 64 valence electrons. The molecule has 0 radical (unpaired) electrons. The summed E-state index contributed by atoms with van der Waals surface area (Å²) in [6.45, 7) is 4.00. The van der Waals surface area contributed by atoms with Gasteiger partial charge in [0.1, 0.15) is 5.00 Å². The maximum absolute atomic E-state index is 6.02. The third-order valence-corrected chi connectivity index (χ3v) is 3.48. The van der Waals surface area contributed by atoms with Gasteiger partial charge in [-0.2, -0.15) is 0 Å². The first-order valence-electron chi connectivity index (χ1n) is 3.79. The molecular formula is C8H13Cl2N. The molecule has 0 amide bonds. The van der Waals surface area contributed by atoms with Crippen LogP contribution in [0.2, 0.25) is 0 Å². The molecule has 0 aromatic carbocycles. The molecule has 2 N–H and O–H groups in total. The summed E-state index contributed by atoms with van der Waals surface area (Å²) in [5.74, 6) is 0.423. The predicted molar refractivity (Wildman–Crippen MR) is 49.7 cm³/mol. The summed E-state index contributed by atoms with van der Waals surface area (Å²) < 4.78 is 0. The summed E-state index contributed by atoms with van der Waals surface area (Å²) in [6.07, 6.45) is 1.80. The van der Waals surface area contributed by atoms with Gasteiger partial charge in [0.15, 0.2) is 0 Å². The monoisotopic (exact) mass is 193 g/mol. The van der Waals surface area contributed by atoms with Gasteiger partial charge in [-0.3, -0.25) is 0 Å². The number of nitrogens with two attached hydrogens (primary N) is 1. The van der Waals surface area contributed by atoms with E-state index < -0.39 is 5.00 Å². The highest BCUT2D eigenvalue weighted by molar-refractivity contribution is 6.32. The van der Waals surface area contributed by atoms with Gasteiger partial charge in [0.25, 0.3) is 0 Å². The average molecular weight is 194 g/mol. The Balaban J connectivity index is 2.97. The fraction of sp³-hybridized carbons (Fsp3) is 0.750. The molecule has 0 saturated heterocycles. The number of hydrogen-bond acceptors (Lipinski definition) is 1. The standard InChI is InChI=1S/C8H13Cl2N/c1-5-3-4-8(10,11)6(2)7(5)9/h5H,3-4,11H2,1-2H3. The number of halogens is 2. The molecule has 2 unspecified atom stereocenters. The molecule has 2 atom stereocenters. The zero-order chi connectivity index (χ0) is 8.65. The van der Waals surface area contributed by atoms with Crippen molar-refractivity contribution in [3.63, 3.8) is 0 Å². The Labute approximate surface area is 77.5 Å². The quantitative estimate of drug-likeness (QED) is 0.465. The number of rotatable bonds is 0. The molecule has 0 aliphatic heterocycles. The molecule has 0 bridgehead atoms. The number of alkyl halides is 1. The van der Waals surface area contributed by atoms with Crippen LogP contribution in [0.25, 0.3) is 0 Å². The van der Waals surface area contributed by atoms with Gasteiger partial charge in [-0.05, 0) is 31.3 Å². The fourth-order valence-electron chi connectivity index (χ4n) is 1.31. The summed E-state index contributed by atoms with van der Waals surface area (Å²) in [7, 11) is 0. The van der Waals surface area contributed by atoms with Crippen LogP contribution < -0.4 is 5.73 Å². The Hall–Kier alpha value is 0.280. The number of hydrogen-bond donors (Lipinski definition) is 1. The Kier molecular flexibility index (Phi) is 2.53. The van der Waals surface area contributed by atoms with Gasteiger partial charge in [0.05, 0.1) is 0 Å². The van der Waals surface area contributed by atoms with E-state index >= 15 is 0 Å². The zero-order valence-electron chi connectivity index (χ0n) is 6.82. The van der Waals surface area contributed by atoms with Crippen molar-refractivity contribution in [1.29, 1.82) is 0 Å². The maximum Gasteiger partial charge on any atom is 0.114 e. The van der Waals surface area contributed by atoms with Crippen LogP contribution in [0.4, 0.5) is 0 Å². The lowest BCUT2D eigenvalue weighted by Crippen LogP contribution is -2.38. The largest absolute Gasteiger partial charge is 0.309 e. The van der Waals surface area contributed by atoms with Crippen molar-refractivity contribution in [2.75, 3.05) is 0 Å². The van der Waals surface area contributed by atoms with E-state index in [1.807, 2.05) is 6.92 Å². The molecule has 1 nitrogen and oxygen atoms in total. The molecule has 1 rings (SSSR count). The van der Waals surface area contributed by atoms with Gasteiger partial charge < -0.3 is 5.73 Å². The van der Waals surface area contributed by atoms with E-state index in [0.29, 0.717) is 5.92 Å². The van der Waals surface area contributed by atoms with Gasteiger partial charge >= 0.3 is 0 Å². The van der Waals surface area contributed by atoms with Crippen molar-refractivity contribution < 1.29 is 0 Å². The van der Waals surface area contributed by atoms with E-state index in [4.69, 9.17) is 28.9 Å². The van der Waals surface area contributed by atoms with Crippen LogP contribution in [-0.2, 0) is 0 Å². The Morgan fingerprint density at radius 1 is 1.64 bits per heavy atom. The predicted octanol–water partition coefficient (Wildman–Crippen LogP) is 2.82. The molecule has 0 spiro atoms. The SMILES string of the molecule is CC1=C(Cl)C(C)CCC1(N)Cl. The second-order valence-corrected chi connectivity index (χ2v) is 4.36. The molecule has 0 heterocycles. The molecule has 0 aromatic heterocycles. The first-order valence-corrected chi connectivity index (χ1v) is 4.55. The average Bonchev–Trinajstić information content (AvgIpc) is 1.95. The molecule has 1 aliphatic rings. The molecular weight excluding hydrogens is 181 g/mol. The van der Waals surface area contributed by atoms with Crippen molar-refractivity contribution in [1.82, 2.24) is 0 Å². The normalized spacial score (nSPS) is 39.5. The van der Waals surface area contributed by atoms with Crippen LogP contribution >= 0.6 is 23.2 Å². The maximum atomic E-state index is 6.02. The summed E-state index contributed by atoms with van der Waals surface area (Å²) in [5.41, 5.74) is 6.73. The van der Waals surface area contributed by atoms with E-state index in [-0.39, 0.29) is 0 Å². The fourth-order valence-corrected chi connectivity index (χ4v) is 1.85. The summed E-state index contributed by atoms with van der Waals surface area (Å²) in [5, 5.41) is 0.841. The molecule has 11 heavy (non-hydrogen) atoms. The molecule has 1 aliphatic carbocycles. The van der Waals surface area contributed by atoms with Gasteiger partial charge in [0, 0.05) is 5.03 Å². The highest BCUT2D eigenvalue weighted by atomic mass is 35.5. The highest BCUT2D eigenvalue weighted by Gasteiger charge is 2.32.